The number of methoxy groups -OCH3 is 1. The fraction of sp³-hybridized carbons (Fsp3) is 0.207. The van der Waals surface area contributed by atoms with Gasteiger partial charge >= 0.3 is 6.18 Å². The zero-order valence-corrected chi connectivity index (χ0v) is 24.8. The summed E-state index contributed by atoms with van der Waals surface area (Å²) in [5, 5.41) is 12.0. The Labute approximate surface area is 256 Å². The number of nitrogens with one attached hydrogen (secondary N) is 1. The molecule has 7 nitrogen and oxygen atoms in total. The van der Waals surface area contributed by atoms with Gasteiger partial charge in [-0.25, -0.2) is 4.98 Å². The predicted molar refractivity (Wildman–Crippen MR) is 154 cm³/mol. The Morgan fingerprint density at radius 2 is 1.90 bits per heavy atom. The number of allylic oxidation sites excluding steroid dienone is 3. The molecule has 3 unspecified atom stereocenters. The van der Waals surface area contributed by atoms with E-state index in [0.717, 1.165) is 5.01 Å². The number of phenolic OH excluding ortho intramolecular Hbond substituents is 1. The van der Waals surface area contributed by atoms with E-state index in [0.29, 0.717) is 32.9 Å². The molecule has 1 aliphatic carbocycles. The van der Waals surface area contributed by atoms with E-state index in [1.165, 1.54) is 7.11 Å². The van der Waals surface area contributed by atoms with Crippen molar-refractivity contribution < 1.29 is 32.6 Å². The number of hydrogen-bond acceptors (Lipinski definition) is 6. The van der Waals surface area contributed by atoms with Gasteiger partial charge in [0.15, 0.2) is 17.3 Å². The number of aromatic nitrogens is 1. The van der Waals surface area contributed by atoms with E-state index in [1.807, 2.05) is 0 Å². The topological polar surface area (TPSA) is 91.8 Å². The lowest BCUT2D eigenvalue weighted by Crippen LogP contribution is -2.48. The molecule has 0 saturated carbocycles. The molecule has 1 saturated heterocycles. The number of aromatic hydroxyl groups is 1. The highest BCUT2D eigenvalue weighted by molar-refractivity contribution is 9.10. The van der Waals surface area contributed by atoms with E-state index in [-0.39, 0.29) is 29.3 Å². The molecule has 2 N–H and O–H groups in total. The van der Waals surface area contributed by atoms with E-state index in [9.17, 15) is 27.9 Å². The van der Waals surface area contributed by atoms with Crippen LogP contribution < -0.4 is 10.2 Å². The summed E-state index contributed by atoms with van der Waals surface area (Å²) in [4.78, 5) is 32.4. The maximum absolute atomic E-state index is 14.7. The molecule has 0 spiro atoms. The van der Waals surface area contributed by atoms with Crippen LogP contribution in [0.2, 0.25) is 10.0 Å². The molecule has 2 aliphatic rings. The van der Waals surface area contributed by atoms with Crippen molar-refractivity contribution in [3.05, 3.63) is 104 Å². The van der Waals surface area contributed by atoms with Gasteiger partial charge in [0.05, 0.1) is 29.0 Å². The SMILES string of the molecule is C=CC1=CCC2C(=O)N(Nc3ncc(C(F)(F)F)cc3Cl)C(=O)C2(c2ccc(Cl)cc2)C1c1cc(Br)cc(OC)c1O. The number of pyridine rings is 1. The molecule has 1 aliphatic heterocycles. The fourth-order valence-electron chi connectivity index (χ4n) is 5.73. The van der Waals surface area contributed by atoms with Gasteiger partial charge in [0, 0.05) is 27.2 Å². The largest absolute Gasteiger partial charge is 0.504 e. The van der Waals surface area contributed by atoms with Crippen LogP contribution in [0, 0.1) is 5.92 Å². The first-order valence-electron chi connectivity index (χ1n) is 12.4. The van der Waals surface area contributed by atoms with Crippen LogP contribution in [-0.2, 0) is 21.2 Å². The lowest BCUT2D eigenvalue weighted by molar-refractivity contribution is -0.139. The number of rotatable bonds is 6. The molecular weight excluding hydrogens is 662 g/mol. The van der Waals surface area contributed by atoms with Crippen molar-refractivity contribution in [2.75, 3.05) is 12.5 Å². The minimum absolute atomic E-state index is 0.114. The Bertz CT molecular complexity index is 1650. The van der Waals surface area contributed by atoms with Gasteiger partial charge in [0.1, 0.15) is 0 Å². The number of phenols is 1. The Kier molecular flexibility index (Phi) is 7.80. The van der Waals surface area contributed by atoms with Crippen LogP contribution in [0.5, 0.6) is 11.5 Å². The predicted octanol–water partition coefficient (Wildman–Crippen LogP) is 7.43. The van der Waals surface area contributed by atoms with Crippen molar-refractivity contribution in [3.8, 4) is 11.5 Å². The number of carbonyl (C=O) groups is 2. The molecule has 1 fully saturated rings. The molecular formula is C29H21BrCl2F3N3O4. The molecule has 0 bridgehead atoms. The normalized spacial score (nSPS) is 22.1. The second-order valence-electron chi connectivity index (χ2n) is 9.69. The summed E-state index contributed by atoms with van der Waals surface area (Å²) in [6, 6.07) is 10.2. The number of carbonyl (C=O) groups excluding carboxylic acids is 2. The van der Waals surface area contributed by atoms with Crippen LogP contribution in [0.25, 0.3) is 0 Å². The summed E-state index contributed by atoms with van der Waals surface area (Å²) in [6.07, 6.45) is -0.722. The fourth-order valence-corrected chi connectivity index (χ4v) is 6.52. The highest BCUT2D eigenvalue weighted by Crippen LogP contribution is 2.59. The third kappa shape index (κ3) is 4.73. The van der Waals surface area contributed by atoms with Gasteiger partial charge in [-0.1, -0.05) is 70.0 Å². The standard InChI is InChI=1S/C29H21BrCl2F3N3O4/c1-3-14-4-9-20-26(40)38(37-25-21(32)10-16(13-36-25)29(33,34)35)27(41)28(20,15-5-7-18(31)8-6-15)23(14)19-11-17(30)12-22(42-2)24(19)39/h3-8,10-13,20,23,39H,1,9H2,2H3,(H,36,37). The number of anilines is 1. The van der Waals surface area contributed by atoms with Crippen molar-refractivity contribution in [3.63, 3.8) is 0 Å². The van der Waals surface area contributed by atoms with Crippen LogP contribution in [0.15, 0.2) is 77.4 Å². The zero-order chi connectivity index (χ0) is 30.6. The third-order valence-corrected chi connectivity index (χ3v) is 8.54. The summed E-state index contributed by atoms with van der Waals surface area (Å²) in [5.41, 5.74) is 1.06. The minimum atomic E-state index is -4.70. The Morgan fingerprint density at radius 3 is 2.50 bits per heavy atom. The van der Waals surface area contributed by atoms with E-state index in [2.05, 4.69) is 32.9 Å². The van der Waals surface area contributed by atoms with Gasteiger partial charge in [0.25, 0.3) is 11.8 Å². The smallest absolute Gasteiger partial charge is 0.417 e. The molecule has 5 rings (SSSR count). The Balaban J connectivity index is 1.73. The van der Waals surface area contributed by atoms with Gasteiger partial charge in [-0.05, 0) is 47.9 Å². The first kappa shape index (κ1) is 29.9. The molecule has 218 valence electrons. The summed E-state index contributed by atoms with van der Waals surface area (Å²) in [7, 11) is 1.38. The highest BCUT2D eigenvalue weighted by Gasteiger charge is 2.66. The second-order valence-corrected chi connectivity index (χ2v) is 11.5. The second kappa shape index (κ2) is 10.9. The van der Waals surface area contributed by atoms with Gasteiger partial charge in [-0.15, -0.1) is 0 Å². The van der Waals surface area contributed by atoms with Crippen LogP contribution in [0.4, 0.5) is 19.0 Å². The van der Waals surface area contributed by atoms with Crippen LogP contribution in [0.3, 0.4) is 0 Å². The number of ether oxygens (including phenoxy) is 1. The van der Waals surface area contributed by atoms with Crippen molar-refractivity contribution in [1.82, 2.24) is 9.99 Å². The van der Waals surface area contributed by atoms with Gasteiger partial charge in [-0.2, -0.15) is 18.2 Å². The molecule has 3 atom stereocenters. The quantitative estimate of drug-likeness (QED) is 0.263. The lowest BCUT2D eigenvalue weighted by atomic mass is 9.56. The van der Waals surface area contributed by atoms with Crippen LogP contribution in [0.1, 0.15) is 29.0 Å². The molecule has 1 aromatic heterocycles. The van der Waals surface area contributed by atoms with Gasteiger partial charge < -0.3 is 9.84 Å². The molecule has 2 aromatic carbocycles. The summed E-state index contributed by atoms with van der Waals surface area (Å²) < 4.78 is 45.5. The number of nitrogens with zero attached hydrogens (tertiary/aromatic N) is 2. The molecule has 42 heavy (non-hydrogen) atoms. The number of fused-ring (bicyclic) bond motifs is 1. The number of alkyl halides is 3. The number of benzene rings is 2. The Morgan fingerprint density at radius 1 is 1.21 bits per heavy atom. The minimum Gasteiger partial charge on any atom is -0.504 e. The molecule has 2 heterocycles. The van der Waals surface area contributed by atoms with Crippen LogP contribution in [-0.4, -0.2) is 34.0 Å². The van der Waals surface area contributed by atoms with Crippen molar-refractivity contribution in [2.45, 2.75) is 23.9 Å². The maximum atomic E-state index is 14.7. The maximum Gasteiger partial charge on any atom is 0.417 e. The number of hydrazine groups is 1. The molecule has 0 radical (unpaired) electrons. The number of hydrogen-bond donors (Lipinski definition) is 2. The van der Waals surface area contributed by atoms with Crippen molar-refractivity contribution in [1.29, 1.82) is 0 Å². The van der Waals surface area contributed by atoms with E-state index >= 15 is 0 Å². The summed E-state index contributed by atoms with van der Waals surface area (Å²) in [5.74, 6) is -3.82. The molecule has 13 heteroatoms. The van der Waals surface area contributed by atoms with Crippen LogP contribution >= 0.6 is 39.1 Å². The summed E-state index contributed by atoms with van der Waals surface area (Å²) in [6.45, 7) is 3.92. The summed E-state index contributed by atoms with van der Waals surface area (Å²) >= 11 is 15.7. The highest BCUT2D eigenvalue weighted by atomic mass is 79.9. The number of halogens is 6. The number of imide groups is 1. The average Bonchev–Trinajstić information content (AvgIpc) is 3.16. The average molecular weight is 683 g/mol. The first-order valence-corrected chi connectivity index (χ1v) is 13.9. The monoisotopic (exact) mass is 681 g/mol. The lowest BCUT2D eigenvalue weighted by Gasteiger charge is -2.43. The van der Waals surface area contributed by atoms with Gasteiger partial charge in [0.2, 0.25) is 0 Å². The van der Waals surface area contributed by atoms with E-state index in [1.54, 1.807) is 48.6 Å². The third-order valence-electron chi connectivity index (χ3n) is 7.55. The van der Waals surface area contributed by atoms with Gasteiger partial charge in [-0.3, -0.25) is 15.0 Å². The molecule has 3 aromatic rings. The van der Waals surface area contributed by atoms with Crippen molar-refractivity contribution >= 4 is 56.8 Å². The zero-order valence-electron chi connectivity index (χ0n) is 21.7. The Hall–Kier alpha value is -3.54. The van der Waals surface area contributed by atoms with Crippen molar-refractivity contribution in [2.24, 2.45) is 5.92 Å². The number of amides is 2. The molecule has 2 amide bonds. The van der Waals surface area contributed by atoms with E-state index < -0.39 is 45.8 Å². The first-order chi connectivity index (χ1) is 19.8. The van der Waals surface area contributed by atoms with E-state index in [4.69, 9.17) is 27.9 Å².